The summed E-state index contributed by atoms with van der Waals surface area (Å²) in [6.45, 7) is 0. The number of sulfonamides is 1. The fourth-order valence-electron chi connectivity index (χ4n) is 1.60. The molecule has 2 aromatic rings. The van der Waals surface area contributed by atoms with E-state index in [4.69, 9.17) is 16.7 Å². The number of hydrogen-bond acceptors (Lipinski definition) is 3. The van der Waals surface area contributed by atoms with Gasteiger partial charge in [0.1, 0.15) is 0 Å². The average molecular weight is 391 g/mol. The molecule has 0 heterocycles. The maximum Gasteiger partial charge on any atom is 0.335 e. The second kappa shape index (κ2) is 6.05. The van der Waals surface area contributed by atoms with Crippen molar-refractivity contribution < 1.29 is 18.3 Å². The Kier molecular flexibility index (Phi) is 4.55. The fraction of sp³-hybridized carbons (Fsp3) is 0. The minimum Gasteiger partial charge on any atom is -0.478 e. The third-order valence-electron chi connectivity index (χ3n) is 2.52. The van der Waals surface area contributed by atoms with Crippen LogP contribution in [0.1, 0.15) is 10.4 Å². The van der Waals surface area contributed by atoms with Crippen molar-refractivity contribution in [1.29, 1.82) is 0 Å². The standard InChI is InChI=1S/C13H9BrClNO4S/c14-9-5-8(13(17)18)6-11(7-9)16-21(19,20)12-3-1-10(15)2-4-12/h1-7,16H,(H,17,18). The first-order chi connectivity index (χ1) is 9.78. The van der Waals surface area contributed by atoms with E-state index >= 15 is 0 Å². The zero-order valence-corrected chi connectivity index (χ0v) is 13.5. The SMILES string of the molecule is O=C(O)c1cc(Br)cc(NS(=O)(=O)c2ccc(Cl)cc2)c1. The number of rotatable bonds is 4. The first-order valence-corrected chi connectivity index (χ1v) is 8.25. The smallest absolute Gasteiger partial charge is 0.335 e. The van der Waals surface area contributed by atoms with Gasteiger partial charge < -0.3 is 5.11 Å². The van der Waals surface area contributed by atoms with Crippen LogP contribution >= 0.6 is 27.5 Å². The number of hydrogen-bond donors (Lipinski definition) is 2. The van der Waals surface area contributed by atoms with E-state index < -0.39 is 16.0 Å². The van der Waals surface area contributed by atoms with Crippen LogP contribution in [0.4, 0.5) is 5.69 Å². The van der Waals surface area contributed by atoms with Crippen molar-refractivity contribution in [1.82, 2.24) is 0 Å². The highest BCUT2D eigenvalue weighted by molar-refractivity contribution is 9.10. The van der Waals surface area contributed by atoms with E-state index in [0.717, 1.165) is 0 Å². The van der Waals surface area contributed by atoms with Crippen LogP contribution in [0, 0.1) is 0 Å². The predicted octanol–water partition coefficient (Wildman–Crippen LogP) is 3.60. The van der Waals surface area contributed by atoms with Crippen molar-refractivity contribution in [3.05, 3.63) is 57.5 Å². The summed E-state index contributed by atoms with van der Waals surface area (Å²) >= 11 is 8.85. The highest BCUT2D eigenvalue weighted by Crippen LogP contribution is 2.23. The van der Waals surface area contributed by atoms with E-state index in [9.17, 15) is 13.2 Å². The molecule has 0 saturated carbocycles. The lowest BCUT2D eigenvalue weighted by Crippen LogP contribution is -2.13. The number of carboxylic acids is 1. The summed E-state index contributed by atoms with van der Waals surface area (Å²) in [5, 5.41) is 9.39. The number of carbonyl (C=O) groups is 1. The third-order valence-corrected chi connectivity index (χ3v) is 4.63. The molecule has 0 bridgehead atoms. The van der Waals surface area contributed by atoms with Crippen LogP contribution in [0.2, 0.25) is 5.02 Å². The molecule has 2 rings (SSSR count). The Hall–Kier alpha value is -1.57. The van der Waals surface area contributed by atoms with Gasteiger partial charge >= 0.3 is 5.97 Å². The first kappa shape index (κ1) is 15.8. The number of aromatic carboxylic acids is 1. The van der Waals surface area contributed by atoms with Gasteiger partial charge in [-0.05, 0) is 42.5 Å². The molecule has 0 fully saturated rings. The van der Waals surface area contributed by atoms with Crippen LogP contribution in [-0.4, -0.2) is 19.5 Å². The van der Waals surface area contributed by atoms with Crippen LogP contribution in [0.5, 0.6) is 0 Å². The van der Waals surface area contributed by atoms with Crippen LogP contribution < -0.4 is 4.72 Å². The molecule has 5 nitrogen and oxygen atoms in total. The van der Waals surface area contributed by atoms with E-state index in [0.29, 0.717) is 9.50 Å². The molecule has 0 radical (unpaired) electrons. The minimum absolute atomic E-state index is 0.0295. The average Bonchev–Trinajstić information content (AvgIpc) is 2.37. The normalized spacial score (nSPS) is 11.1. The summed E-state index contributed by atoms with van der Waals surface area (Å²) in [6.07, 6.45) is 0. The van der Waals surface area contributed by atoms with Gasteiger partial charge in [-0.15, -0.1) is 0 Å². The molecule has 110 valence electrons. The van der Waals surface area contributed by atoms with Gasteiger partial charge in [0.15, 0.2) is 0 Å². The zero-order valence-electron chi connectivity index (χ0n) is 10.4. The van der Waals surface area contributed by atoms with E-state index in [-0.39, 0.29) is 16.1 Å². The van der Waals surface area contributed by atoms with Crippen molar-refractivity contribution in [2.45, 2.75) is 4.90 Å². The molecular formula is C13H9BrClNO4S. The van der Waals surface area contributed by atoms with Crippen LogP contribution in [0.25, 0.3) is 0 Å². The Morgan fingerprint density at radius 2 is 1.76 bits per heavy atom. The molecule has 0 amide bonds. The Balaban J connectivity index is 2.36. The van der Waals surface area contributed by atoms with Crippen LogP contribution in [-0.2, 0) is 10.0 Å². The number of carboxylic acid groups (broad SMARTS) is 1. The van der Waals surface area contributed by atoms with Gasteiger partial charge in [0.25, 0.3) is 10.0 Å². The van der Waals surface area contributed by atoms with Crippen molar-refractivity contribution in [2.24, 2.45) is 0 Å². The molecule has 0 spiro atoms. The monoisotopic (exact) mass is 389 g/mol. The van der Waals surface area contributed by atoms with Crippen LogP contribution in [0.3, 0.4) is 0 Å². The van der Waals surface area contributed by atoms with Crippen molar-refractivity contribution in [2.75, 3.05) is 4.72 Å². The lowest BCUT2D eigenvalue weighted by Gasteiger charge is -2.09. The lowest BCUT2D eigenvalue weighted by molar-refractivity contribution is 0.0697. The highest BCUT2D eigenvalue weighted by Gasteiger charge is 2.15. The number of benzene rings is 2. The molecule has 0 unspecified atom stereocenters. The van der Waals surface area contributed by atoms with E-state index in [1.54, 1.807) is 0 Å². The molecule has 0 saturated heterocycles. The minimum atomic E-state index is -3.81. The van der Waals surface area contributed by atoms with Crippen LogP contribution in [0.15, 0.2) is 51.8 Å². The summed E-state index contributed by atoms with van der Waals surface area (Å²) in [6, 6.07) is 9.73. The summed E-state index contributed by atoms with van der Waals surface area (Å²) < 4.78 is 27.2. The van der Waals surface area contributed by atoms with E-state index in [1.807, 2.05) is 0 Å². The summed E-state index contributed by atoms with van der Waals surface area (Å²) in [4.78, 5) is 11.0. The topological polar surface area (TPSA) is 83.5 Å². The number of halogens is 2. The maximum atomic E-state index is 12.2. The second-order valence-corrected chi connectivity index (χ2v) is 7.13. The van der Waals surface area contributed by atoms with E-state index in [2.05, 4.69) is 20.7 Å². The molecule has 2 N–H and O–H groups in total. The lowest BCUT2D eigenvalue weighted by atomic mass is 10.2. The predicted molar refractivity (Wildman–Crippen MR) is 83.4 cm³/mol. The molecule has 0 aromatic heterocycles. The largest absolute Gasteiger partial charge is 0.478 e. The molecule has 0 aliphatic heterocycles. The molecule has 21 heavy (non-hydrogen) atoms. The Morgan fingerprint density at radius 3 is 2.33 bits per heavy atom. The quantitative estimate of drug-likeness (QED) is 0.835. The third kappa shape index (κ3) is 3.96. The summed E-state index contributed by atoms with van der Waals surface area (Å²) in [5.74, 6) is -1.15. The number of anilines is 1. The van der Waals surface area contributed by atoms with Gasteiger partial charge in [-0.1, -0.05) is 27.5 Å². The van der Waals surface area contributed by atoms with Crippen molar-refractivity contribution >= 4 is 49.2 Å². The summed E-state index contributed by atoms with van der Waals surface area (Å²) in [5.41, 5.74) is 0.120. The van der Waals surface area contributed by atoms with Crippen molar-refractivity contribution in [3.63, 3.8) is 0 Å². The van der Waals surface area contributed by atoms with Gasteiger partial charge in [0.2, 0.25) is 0 Å². The van der Waals surface area contributed by atoms with Gasteiger partial charge in [0.05, 0.1) is 16.1 Å². The van der Waals surface area contributed by atoms with E-state index in [1.165, 1.54) is 42.5 Å². The summed E-state index contributed by atoms with van der Waals surface area (Å²) in [7, 11) is -3.81. The molecule has 0 aliphatic carbocycles. The fourth-order valence-corrected chi connectivity index (χ4v) is 3.26. The Labute approximate surface area is 134 Å². The van der Waals surface area contributed by atoms with Gasteiger partial charge in [-0.3, -0.25) is 4.72 Å². The molecule has 2 aromatic carbocycles. The number of nitrogens with one attached hydrogen (secondary N) is 1. The Morgan fingerprint density at radius 1 is 1.14 bits per heavy atom. The highest BCUT2D eigenvalue weighted by atomic mass is 79.9. The molecule has 0 aliphatic rings. The van der Waals surface area contributed by atoms with Gasteiger partial charge in [-0.2, -0.15) is 0 Å². The second-order valence-electron chi connectivity index (χ2n) is 4.09. The zero-order chi connectivity index (χ0) is 15.6. The molecule has 0 atom stereocenters. The molecule has 8 heteroatoms. The Bertz CT molecular complexity index is 790. The first-order valence-electron chi connectivity index (χ1n) is 5.60. The van der Waals surface area contributed by atoms with Gasteiger partial charge in [0, 0.05) is 9.50 Å². The maximum absolute atomic E-state index is 12.2. The molecular weight excluding hydrogens is 382 g/mol. The van der Waals surface area contributed by atoms with Crippen molar-refractivity contribution in [3.8, 4) is 0 Å². The van der Waals surface area contributed by atoms with Gasteiger partial charge in [-0.25, -0.2) is 13.2 Å².